The molecule has 3 fully saturated rings. The predicted molar refractivity (Wildman–Crippen MR) is 123 cm³/mol. The maximum absolute atomic E-state index is 13.2. The first kappa shape index (κ1) is 27.4. The standard InChI is InChI=1S/C21H38N4O3.2ClH/c1-17(2)19(20(27)28-21(23-16-26)8-4-3-5-9-21)25-14-12-24(13-15-25)18-6-10-22-11-7-18;;/h16-19,22H,3-15H2,1-2H3,(H,23,26);2*1H. The summed E-state index contributed by atoms with van der Waals surface area (Å²) < 4.78 is 5.99. The van der Waals surface area contributed by atoms with Crippen molar-refractivity contribution in [2.45, 2.75) is 76.6 Å². The van der Waals surface area contributed by atoms with Crippen molar-refractivity contribution < 1.29 is 14.3 Å². The Balaban J connectivity index is 0.00000225. The molecule has 0 aromatic heterocycles. The van der Waals surface area contributed by atoms with Crippen molar-refractivity contribution in [3.63, 3.8) is 0 Å². The summed E-state index contributed by atoms with van der Waals surface area (Å²) >= 11 is 0. The Morgan fingerprint density at radius 1 is 1.07 bits per heavy atom. The number of ether oxygens (including phenoxy) is 1. The molecule has 1 saturated carbocycles. The first-order chi connectivity index (χ1) is 13.5. The van der Waals surface area contributed by atoms with Crippen LogP contribution >= 0.6 is 24.8 Å². The van der Waals surface area contributed by atoms with Crippen LogP contribution in [0.4, 0.5) is 0 Å². The number of nitrogens with one attached hydrogen (secondary N) is 2. The average Bonchev–Trinajstić information content (AvgIpc) is 2.70. The summed E-state index contributed by atoms with van der Waals surface area (Å²) in [6, 6.07) is 0.428. The zero-order valence-electron chi connectivity index (χ0n) is 18.4. The number of piperazine rings is 1. The van der Waals surface area contributed by atoms with Crippen LogP contribution in [0.3, 0.4) is 0 Å². The highest BCUT2D eigenvalue weighted by Gasteiger charge is 2.40. The van der Waals surface area contributed by atoms with Crippen LogP contribution in [0.1, 0.15) is 58.8 Å². The Labute approximate surface area is 193 Å². The number of carbonyl (C=O) groups excluding carboxylic acids is 2. The highest BCUT2D eigenvalue weighted by Crippen LogP contribution is 2.30. The minimum absolute atomic E-state index is 0. The van der Waals surface area contributed by atoms with E-state index in [1.165, 1.54) is 12.8 Å². The molecule has 0 aromatic rings. The van der Waals surface area contributed by atoms with Crippen LogP contribution in [0.15, 0.2) is 0 Å². The highest BCUT2D eigenvalue weighted by atomic mass is 35.5. The molecule has 3 aliphatic rings. The summed E-state index contributed by atoms with van der Waals surface area (Å²) in [7, 11) is 0. The highest BCUT2D eigenvalue weighted by molar-refractivity contribution is 5.85. The van der Waals surface area contributed by atoms with Crippen molar-refractivity contribution in [2.24, 2.45) is 5.92 Å². The number of esters is 1. The van der Waals surface area contributed by atoms with Crippen molar-refractivity contribution in [1.29, 1.82) is 0 Å². The summed E-state index contributed by atoms with van der Waals surface area (Å²) in [5.74, 6) is -0.00336. The van der Waals surface area contributed by atoms with Gasteiger partial charge in [-0.3, -0.25) is 19.4 Å². The molecule has 1 aliphatic carbocycles. The predicted octanol–water partition coefficient (Wildman–Crippen LogP) is 2.17. The Morgan fingerprint density at radius 3 is 2.20 bits per heavy atom. The lowest BCUT2D eigenvalue weighted by Crippen LogP contribution is -2.59. The molecule has 9 heteroatoms. The van der Waals surface area contributed by atoms with Gasteiger partial charge in [0.15, 0.2) is 5.72 Å². The molecule has 2 saturated heterocycles. The molecule has 1 atom stereocenters. The van der Waals surface area contributed by atoms with Crippen LogP contribution in [0.2, 0.25) is 0 Å². The molecule has 7 nitrogen and oxygen atoms in total. The van der Waals surface area contributed by atoms with Gasteiger partial charge in [-0.05, 0) is 44.7 Å². The third-order valence-corrected chi connectivity index (χ3v) is 6.72. The van der Waals surface area contributed by atoms with Gasteiger partial charge in [0.2, 0.25) is 6.41 Å². The summed E-state index contributed by atoms with van der Waals surface area (Å²) in [5, 5.41) is 6.25. The van der Waals surface area contributed by atoms with Gasteiger partial charge in [0.1, 0.15) is 6.04 Å². The molecule has 2 heterocycles. The fourth-order valence-corrected chi connectivity index (χ4v) is 5.15. The minimum Gasteiger partial charge on any atom is -0.438 e. The Morgan fingerprint density at radius 2 is 1.67 bits per heavy atom. The average molecular weight is 467 g/mol. The number of hydrogen-bond acceptors (Lipinski definition) is 6. The summed E-state index contributed by atoms with van der Waals surface area (Å²) in [6.07, 6.45) is 7.64. The fourth-order valence-electron chi connectivity index (χ4n) is 5.15. The zero-order valence-corrected chi connectivity index (χ0v) is 20.1. The second kappa shape index (κ2) is 13.1. The molecular weight excluding hydrogens is 427 g/mol. The van der Waals surface area contributed by atoms with Gasteiger partial charge in [0.05, 0.1) is 0 Å². The van der Waals surface area contributed by atoms with Crippen LogP contribution in [-0.2, 0) is 14.3 Å². The van der Waals surface area contributed by atoms with E-state index in [-0.39, 0.29) is 42.7 Å². The van der Waals surface area contributed by atoms with Crippen LogP contribution in [0.5, 0.6) is 0 Å². The third kappa shape index (κ3) is 6.95. The van der Waals surface area contributed by atoms with E-state index in [0.29, 0.717) is 25.3 Å². The zero-order chi connectivity index (χ0) is 20.0. The van der Waals surface area contributed by atoms with Crippen molar-refractivity contribution in [3.8, 4) is 0 Å². The number of carbonyl (C=O) groups is 2. The third-order valence-electron chi connectivity index (χ3n) is 6.72. The fraction of sp³-hybridized carbons (Fsp3) is 0.905. The van der Waals surface area contributed by atoms with E-state index >= 15 is 0 Å². The number of rotatable bonds is 7. The molecule has 0 radical (unpaired) electrons. The van der Waals surface area contributed by atoms with Crippen LogP contribution < -0.4 is 10.6 Å². The van der Waals surface area contributed by atoms with Crippen LogP contribution in [0, 0.1) is 5.92 Å². The van der Waals surface area contributed by atoms with E-state index in [1.54, 1.807) is 0 Å². The Kier molecular flexibility index (Phi) is 11.9. The van der Waals surface area contributed by atoms with E-state index < -0.39 is 5.72 Å². The summed E-state index contributed by atoms with van der Waals surface area (Å²) in [6.45, 7) is 10.2. The molecule has 0 aromatic carbocycles. The quantitative estimate of drug-likeness (QED) is 0.340. The van der Waals surface area contributed by atoms with Gasteiger partial charge in [-0.15, -0.1) is 24.8 Å². The van der Waals surface area contributed by atoms with Crippen molar-refractivity contribution >= 4 is 37.2 Å². The van der Waals surface area contributed by atoms with Gasteiger partial charge in [0.25, 0.3) is 0 Å². The van der Waals surface area contributed by atoms with E-state index in [2.05, 4.69) is 34.3 Å². The molecule has 30 heavy (non-hydrogen) atoms. The molecule has 3 rings (SSSR count). The smallest absolute Gasteiger partial charge is 0.325 e. The van der Waals surface area contributed by atoms with E-state index in [4.69, 9.17) is 4.74 Å². The van der Waals surface area contributed by atoms with Crippen molar-refractivity contribution in [3.05, 3.63) is 0 Å². The van der Waals surface area contributed by atoms with Gasteiger partial charge >= 0.3 is 5.97 Å². The molecule has 0 bridgehead atoms. The molecule has 176 valence electrons. The van der Waals surface area contributed by atoms with E-state index in [9.17, 15) is 9.59 Å². The van der Waals surface area contributed by atoms with Gasteiger partial charge in [-0.2, -0.15) is 0 Å². The topological polar surface area (TPSA) is 73.9 Å². The SMILES string of the molecule is CC(C)C(C(=O)OC1(NC=O)CCCCC1)N1CCN(C2CCNCC2)CC1.Cl.Cl. The molecule has 2 N–H and O–H groups in total. The monoisotopic (exact) mass is 466 g/mol. The normalized spacial score (nSPS) is 24.2. The second-order valence-electron chi connectivity index (χ2n) is 8.98. The molecule has 1 amide bonds. The largest absolute Gasteiger partial charge is 0.438 e. The lowest BCUT2D eigenvalue weighted by molar-refractivity contribution is -0.177. The lowest BCUT2D eigenvalue weighted by Gasteiger charge is -2.44. The van der Waals surface area contributed by atoms with Gasteiger partial charge in [0, 0.05) is 45.1 Å². The van der Waals surface area contributed by atoms with Gasteiger partial charge in [-0.1, -0.05) is 20.3 Å². The maximum atomic E-state index is 13.2. The molecular formula is C21H40Cl2N4O3. The van der Waals surface area contributed by atoms with Gasteiger partial charge in [-0.25, -0.2) is 0 Å². The molecule has 1 unspecified atom stereocenters. The van der Waals surface area contributed by atoms with Crippen molar-refractivity contribution in [2.75, 3.05) is 39.3 Å². The Bertz CT molecular complexity index is 518. The second-order valence-corrected chi connectivity index (χ2v) is 8.98. The molecule has 0 spiro atoms. The first-order valence-electron chi connectivity index (χ1n) is 11.2. The number of hydrogen-bond donors (Lipinski definition) is 2. The minimum atomic E-state index is -0.804. The van der Waals surface area contributed by atoms with Crippen LogP contribution in [-0.4, -0.2) is 79.3 Å². The van der Waals surface area contributed by atoms with Crippen molar-refractivity contribution in [1.82, 2.24) is 20.4 Å². The van der Waals surface area contributed by atoms with E-state index in [1.807, 2.05) is 0 Å². The number of piperidine rings is 1. The first-order valence-corrected chi connectivity index (χ1v) is 11.2. The Hall–Kier alpha value is -0.600. The van der Waals surface area contributed by atoms with Gasteiger partial charge < -0.3 is 15.4 Å². The lowest BCUT2D eigenvalue weighted by atomic mass is 9.91. The number of nitrogens with zero attached hydrogens (tertiary/aromatic N) is 2. The number of halogens is 2. The van der Waals surface area contributed by atoms with Crippen LogP contribution in [0.25, 0.3) is 0 Å². The summed E-state index contributed by atoms with van der Waals surface area (Å²) in [4.78, 5) is 29.2. The maximum Gasteiger partial charge on any atom is 0.325 e. The summed E-state index contributed by atoms with van der Waals surface area (Å²) in [5.41, 5.74) is -0.804. The van der Waals surface area contributed by atoms with E-state index in [0.717, 1.165) is 58.5 Å². The number of amides is 1. The molecule has 2 aliphatic heterocycles.